The number of carbonyl (C=O) groups excluding carboxylic acids is 1. The van der Waals surface area contributed by atoms with Crippen LogP contribution in [0.25, 0.3) is 0 Å². The van der Waals surface area contributed by atoms with E-state index in [-0.39, 0.29) is 5.91 Å². The second kappa shape index (κ2) is 8.66. The Kier molecular flexibility index (Phi) is 5.61. The van der Waals surface area contributed by atoms with E-state index in [9.17, 15) is 4.79 Å². The highest BCUT2D eigenvalue weighted by molar-refractivity contribution is 6.04. The first-order valence-electron chi connectivity index (χ1n) is 9.81. The molecule has 1 amide bonds. The lowest BCUT2D eigenvalue weighted by Crippen LogP contribution is -2.12. The Balaban J connectivity index is 1.37. The number of hydrogen-bond acceptors (Lipinski definition) is 3. The molecule has 0 fully saturated rings. The van der Waals surface area contributed by atoms with E-state index in [0.29, 0.717) is 23.5 Å². The highest BCUT2D eigenvalue weighted by atomic mass is 16.5. The van der Waals surface area contributed by atoms with Crippen molar-refractivity contribution in [2.24, 2.45) is 0 Å². The zero-order valence-corrected chi connectivity index (χ0v) is 17.0. The van der Waals surface area contributed by atoms with Gasteiger partial charge in [0.25, 0.3) is 5.91 Å². The summed E-state index contributed by atoms with van der Waals surface area (Å²) in [6.07, 6.45) is 0. The number of nitrogens with zero attached hydrogens (tertiary/aromatic N) is 2. The molecule has 0 aliphatic heterocycles. The Morgan fingerprint density at radius 3 is 2.20 bits per heavy atom. The Morgan fingerprint density at radius 2 is 1.57 bits per heavy atom. The number of carbonyl (C=O) groups is 1. The van der Waals surface area contributed by atoms with Gasteiger partial charge in [-0.25, -0.2) is 0 Å². The predicted molar refractivity (Wildman–Crippen MR) is 118 cm³/mol. The van der Waals surface area contributed by atoms with E-state index in [1.54, 1.807) is 0 Å². The third kappa shape index (κ3) is 4.75. The van der Waals surface area contributed by atoms with Crippen molar-refractivity contribution in [2.75, 3.05) is 5.32 Å². The molecular formula is C25H23N3O2. The van der Waals surface area contributed by atoms with Crippen LogP contribution in [0.5, 0.6) is 11.5 Å². The van der Waals surface area contributed by atoms with Gasteiger partial charge in [0.1, 0.15) is 11.5 Å². The number of anilines is 1. The van der Waals surface area contributed by atoms with Crippen LogP contribution in [0, 0.1) is 13.8 Å². The Morgan fingerprint density at radius 1 is 0.900 bits per heavy atom. The van der Waals surface area contributed by atoms with Gasteiger partial charge in [-0.2, -0.15) is 5.10 Å². The van der Waals surface area contributed by atoms with Crippen molar-refractivity contribution in [3.05, 3.63) is 107 Å². The smallest absolute Gasteiger partial charge is 0.255 e. The van der Waals surface area contributed by atoms with Crippen LogP contribution in [0.1, 0.15) is 27.3 Å². The van der Waals surface area contributed by atoms with Crippen LogP contribution in [-0.4, -0.2) is 15.7 Å². The molecule has 30 heavy (non-hydrogen) atoms. The van der Waals surface area contributed by atoms with Gasteiger partial charge in [0, 0.05) is 16.9 Å². The fourth-order valence-corrected chi connectivity index (χ4v) is 3.20. The van der Waals surface area contributed by atoms with Gasteiger partial charge in [-0.1, -0.05) is 30.3 Å². The zero-order chi connectivity index (χ0) is 20.9. The number of rotatable bonds is 6. The van der Waals surface area contributed by atoms with Gasteiger partial charge < -0.3 is 10.1 Å². The number of ether oxygens (including phenoxy) is 1. The van der Waals surface area contributed by atoms with E-state index in [1.807, 2.05) is 97.4 Å². The van der Waals surface area contributed by atoms with Crippen LogP contribution >= 0.6 is 0 Å². The molecule has 0 unspecified atom stereocenters. The zero-order valence-electron chi connectivity index (χ0n) is 17.0. The summed E-state index contributed by atoms with van der Waals surface area (Å²) >= 11 is 0. The molecular weight excluding hydrogens is 374 g/mol. The Hall–Kier alpha value is -3.86. The molecule has 0 radical (unpaired) electrons. The maximum absolute atomic E-state index is 12.6. The molecule has 0 spiro atoms. The molecule has 0 saturated carbocycles. The highest BCUT2D eigenvalue weighted by Gasteiger charge is 2.08. The lowest BCUT2D eigenvalue weighted by atomic mass is 10.1. The van der Waals surface area contributed by atoms with Crippen LogP contribution in [0.3, 0.4) is 0 Å². The van der Waals surface area contributed by atoms with Crippen molar-refractivity contribution in [2.45, 2.75) is 20.4 Å². The van der Waals surface area contributed by atoms with Crippen LogP contribution in [0.4, 0.5) is 5.69 Å². The van der Waals surface area contributed by atoms with E-state index in [1.165, 1.54) is 0 Å². The third-order valence-corrected chi connectivity index (χ3v) is 4.74. The van der Waals surface area contributed by atoms with E-state index < -0.39 is 0 Å². The van der Waals surface area contributed by atoms with Crippen LogP contribution in [-0.2, 0) is 6.54 Å². The molecule has 4 rings (SSSR count). The molecule has 0 bridgehead atoms. The first kappa shape index (κ1) is 19.5. The van der Waals surface area contributed by atoms with E-state index in [2.05, 4.69) is 16.5 Å². The fourth-order valence-electron chi connectivity index (χ4n) is 3.20. The molecule has 0 aliphatic rings. The van der Waals surface area contributed by atoms with E-state index in [0.717, 1.165) is 22.7 Å². The largest absolute Gasteiger partial charge is 0.457 e. The minimum Gasteiger partial charge on any atom is -0.457 e. The summed E-state index contributed by atoms with van der Waals surface area (Å²) in [5.74, 6) is 1.34. The number of benzene rings is 3. The van der Waals surface area contributed by atoms with Crippen molar-refractivity contribution in [1.82, 2.24) is 9.78 Å². The maximum Gasteiger partial charge on any atom is 0.255 e. The lowest BCUT2D eigenvalue weighted by Gasteiger charge is -2.09. The van der Waals surface area contributed by atoms with Crippen molar-refractivity contribution < 1.29 is 9.53 Å². The minimum atomic E-state index is -0.149. The van der Waals surface area contributed by atoms with E-state index in [4.69, 9.17) is 4.74 Å². The SMILES string of the molecule is Cc1cc(C)n(Cc2ccc(C(=O)Nc3ccc(Oc4ccccc4)cc3)cc2)n1. The van der Waals surface area contributed by atoms with Crippen LogP contribution in [0.15, 0.2) is 84.9 Å². The first-order valence-corrected chi connectivity index (χ1v) is 9.81. The van der Waals surface area contributed by atoms with Gasteiger partial charge in [0.05, 0.1) is 12.2 Å². The number of hydrogen-bond donors (Lipinski definition) is 1. The van der Waals surface area contributed by atoms with Gasteiger partial charge in [0.2, 0.25) is 0 Å². The summed E-state index contributed by atoms with van der Waals surface area (Å²) in [5.41, 5.74) is 4.54. The van der Waals surface area contributed by atoms with Gasteiger partial charge in [0.15, 0.2) is 0 Å². The summed E-state index contributed by atoms with van der Waals surface area (Å²) in [6.45, 7) is 4.71. The molecule has 3 aromatic carbocycles. The van der Waals surface area contributed by atoms with Crippen molar-refractivity contribution in [3.8, 4) is 11.5 Å². The Labute approximate surface area is 175 Å². The second-order valence-electron chi connectivity index (χ2n) is 7.18. The van der Waals surface area contributed by atoms with Gasteiger partial charge in [-0.3, -0.25) is 9.48 Å². The molecule has 1 heterocycles. The first-order chi connectivity index (χ1) is 14.6. The summed E-state index contributed by atoms with van der Waals surface area (Å²) in [5, 5.41) is 7.40. The average Bonchev–Trinajstić information content (AvgIpc) is 3.07. The maximum atomic E-state index is 12.6. The summed E-state index contributed by atoms with van der Waals surface area (Å²) in [6, 6.07) is 26.6. The summed E-state index contributed by atoms with van der Waals surface area (Å²) in [7, 11) is 0. The molecule has 5 heteroatoms. The van der Waals surface area contributed by atoms with Crippen molar-refractivity contribution in [1.29, 1.82) is 0 Å². The number of nitrogens with one attached hydrogen (secondary N) is 1. The normalized spacial score (nSPS) is 10.6. The molecule has 1 N–H and O–H groups in total. The quantitative estimate of drug-likeness (QED) is 0.461. The monoisotopic (exact) mass is 397 g/mol. The molecule has 0 saturated heterocycles. The minimum absolute atomic E-state index is 0.149. The standard InChI is InChI=1S/C25H23N3O2/c1-18-16-19(2)28(27-18)17-20-8-10-21(11-9-20)25(29)26-22-12-14-24(15-13-22)30-23-6-4-3-5-7-23/h3-16H,17H2,1-2H3,(H,26,29). The Bertz CT molecular complexity index is 1130. The van der Waals surface area contributed by atoms with E-state index >= 15 is 0 Å². The number of para-hydroxylation sites is 1. The molecule has 0 atom stereocenters. The van der Waals surface area contributed by atoms with Crippen molar-refractivity contribution in [3.63, 3.8) is 0 Å². The molecule has 0 aliphatic carbocycles. The number of aromatic nitrogens is 2. The van der Waals surface area contributed by atoms with Gasteiger partial charge in [-0.05, 0) is 74.0 Å². The average molecular weight is 397 g/mol. The fraction of sp³-hybridized carbons (Fsp3) is 0.120. The van der Waals surface area contributed by atoms with Gasteiger partial charge in [-0.15, -0.1) is 0 Å². The third-order valence-electron chi connectivity index (χ3n) is 4.74. The summed E-state index contributed by atoms with van der Waals surface area (Å²) in [4.78, 5) is 12.6. The highest BCUT2D eigenvalue weighted by Crippen LogP contribution is 2.23. The summed E-state index contributed by atoms with van der Waals surface area (Å²) < 4.78 is 7.74. The molecule has 1 aromatic heterocycles. The number of amides is 1. The number of aryl methyl sites for hydroxylation is 2. The topological polar surface area (TPSA) is 56.2 Å². The van der Waals surface area contributed by atoms with Crippen molar-refractivity contribution >= 4 is 11.6 Å². The van der Waals surface area contributed by atoms with Crippen LogP contribution in [0.2, 0.25) is 0 Å². The van der Waals surface area contributed by atoms with Gasteiger partial charge >= 0.3 is 0 Å². The molecule has 5 nitrogen and oxygen atoms in total. The molecule has 4 aromatic rings. The lowest BCUT2D eigenvalue weighted by molar-refractivity contribution is 0.102. The predicted octanol–water partition coefficient (Wildman–Crippen LogP) is 5.59. The second-order valence-corrected chi connectivity index (χ2v) is 7.18. The molecule has 150 valence electrons. The van der Waals surface area contributed by atoms with Crippen LogP contribution < -0.4 is 10.1 Å².